The molecule has 1 aliphatic carbocycles. The zero-order valence-corrected chi connectivity index (χ0v) is 15.7. The lowest BCUT2D eigenvalue weighted by Crippen LogP contribution is -2.14. The molecule has 2 N–H and O–H groups in total. The van der Waals surface area contributed by atoms with Gasteiger partial charge in [-0.2, -0.15) is 0 Å². The van der Waals surface area contributed by atoms with Crippen LogP contribution in [-0.4, -0.2) is 27.9 Å². The van der Waals surface area contributed by atoms with Gasteiger partial charge >= 0.3 is 0 Å². The molecule has 0 saturated heterocycles. The number of carbonyl (C=O) groups is 1. The number of aromatic nitrogens is 3. The Kier molecular flexibility index (Phi) is 3.91. The summed E-state index contributed by atoms with van der Waals surface area (Å²) in [5, 5.41) is 8.07. The first-order valence-corrected chi connectivity index (χ1v) is 9.34. The number of hydrogen-bond donors (Lipinski definition) is 2. The van der Waals surface area contributed by atoms with E-state index in [1.807, 2.05) is 18.2 Å². The Bertz CT molecular complexity index is 1230. The zero-order valence-electron chi connectivity index (χ0n) is 15.0. The number of hydrogen-bond acceptors (Lipinski definition) is 6. The second-order valence-corrected chi connectivity index (χ2v) is 7.16. The smallest absolute Gasteiger partial charge is 0.229 e. The Balaban J connectivity index is 1.67. The molecular weight excluding hydrogens is 378 g/mol. The van der Waals surface area contributed by atoms with Crippen LogP contribution in [-0.2, 0) is 4.79 Å². The molecule has 1 amide bonds. The number of halogens is 1. The third-order valence-corrected chi connectivity index (χ3v) is 5.10. The monoisotopic (exact) mass is 393 g/mol. The molecular formula is C20H16ClN5O2. The average Bonchev–Trinajstić information content (AvgIpc) is 3.46. The van der Waals surface area contributed by atoms with Gasteiger partial charge in [0.25, 0.3) is 0 Å². The molecule has 3 heterocycles. The Morgan fingerprint density at radius 3 is 2.82 bits per heavy atom. The van der Waals surface area contributed by atoms with E-state index in [-0.39, 0.29) is 11.8 Å². The molecule has 1 aliphatic rings. The number of carbonyl (C=O) groups excluding carboxylic acids is 1. The van der Waals surface area contributed by atoms with Gasteiger partial charge in [0.05, 0.1) is 10.6 Å². The molecule has 0 atom stereocenters. The van der Waals surface area contributed by atoms with Gasteiger partial charge in [-0.1, -0.05) is 17.7 Å². The van der Waals surface area contributed by atoms with Crippen molar-refractivity contribution in [2.45, 2.75) is 12.8 Å². The van der Waals surface area contributed by atoms with Crippen LogP contribution >= 0.6 is 11.6 Å². The normalized spacial score (nSPS) is 13.8. The Hall–Kier alpha value is -3.19. The predicted molar refractivity (Wildman–Crippen MR) is 108 cm³/mol. The molecule has 1 aromatic carbocycles. The average molecular weight is 394 g/mol. The standard InChI is InChI=1S/C20H16ClN5O2/c1-22-18-12-8-23-16(26-19(27)10-5-6-10)7-11(12)13(9-24-18)20-25-15-4-2-3-14(21)17(15)28-20/h2-4,7-10H,5-6H2,1H3,(H,22,24)(H,23,26,27). The number of benzene rings is 1. The first-order valence-electron chi connectivity index (χ1n) is 8.97. The van der Waals surface area contributed by atoms with E-state index in [4.69, 9.17) is 16.0 Å². The summed E-state index contributed by atoms with van der Waals surface area (Å²) < 4.78 is 5.92. The molecule has 3 aromatic heterocycles. The minimum Gasteiger partial charge on any atom is -0.434 e. The maximum absolute atomic E-state index is 12.1. The summed E-state index contributed by atoms with van der Waals surface area (Å²) in [5.74, 6) is 1.69. The van der Waals surface area contributed by atoms with Crippen LogP contribution in [0.1, 0.15) is 12.8 Å². The van der Waals surface area contributed by atoms with Crippen molar-refractivity contribution in [3.8, 4) is 11.5 Å². The van der Waals surface area contributed by atoms with Gasteiger partial charge in [0.15, 0.2) is 5.58 Å². The van der Waals surface area contributed by atoms with Crippen LogP contribution in [0, 0.1) is 5.92 Å². The summed E-state index contributed by atoms with van der Waals surface area (Å²) in [4.78, 5) is 25.5. The quantitative estimate of drug-likeness (QED) is 0.531. The highest BCUT2D eigenvalue weighted by Gasteiger charge is 2.30. The van der Waals surface area contributed by atoms with Crippen molar-refractivity contribution >= 4 is 51.0 Å². The fourth-order valence-corrected chi connectivity index (χ4v) is 3.39. The van der Waals surface area contributed by atoms with Gasteiger partial charge in [0, 0.05) is 36.1 Å². The fourth-order valence-electron chi connectivity index (χ4n) is 3.18. The van der Waals surface area contributed by atoms with E-state index in [9.17, 15) is 4.79 Å². The minimum absolute atomic E-state index is 0.00457. The molecule has 0 aliphatic heterocycles. The molecule has 7 nitrogen and oxygen atoms in total. The van der Waals surface area contributed by atoms with Crippen molar-refractivity contribution in [1.29, 1.82) is 0 Å². The highest BCUT2D eigenvalue weighted by molar-refractivity contribution is 6.34. The van der Waals surface area contributed by atoms with Crippen LogP contribution in [0.5, 0.6) is 0 Å². The molecule has 1 saturated carbocycles. The van der Waals surface area contributed by atoms with Crippen LogP contribution in [0.25, 0.3) is 33.3 Å². The SMILES string of the molecule is CNc1ncc(-c2nc3cccc(Cl)c3o2)c2cc(NC(=O)C3CC3)ncc12. The second kappa shape index (κ2) is 6.45. The maximum atomic E-state index is 12.1. The molecule has 0 radical (unpaired) electrons. The summed E-state index contributed by atoms with van der Waals surface area (Å²) in [5.41, 5.74) is 1.90. The van der Waals surface area contributed by atoms with Gasteiger partial charge < -0.3 is 15.1 Å². The highest BCUT2D eigenvalue weighted by Crippen LogP contribution is 2.36. The van der Waals surface area contributed by atoms with E-state index in [2.05, 4.69) is 25.6 Å². The van der Waals surface area contributed by atoms with Crippen LogP contribution < -0.4 is 10.6 Å². The van der Waals surface area contributed by atoms with Crippen molar-refractivity contribution in [1.82, 2.24) is 15.0 Å². The summed E-state index contributed by atoms with van der Waals surface area (Å²) >= 11 is 6.22. The number of para-hydroxylation sites is 1. The van der Waals surface area contributed by atoms with E-state index < -0.39 is 0 Å². The Labute approximate surface area is 165 Å². The number of rotatable bonds is 4. The van der Waals surface area contributed by atoms with E-state index in [1.165, 1.54) is 0 Å². The van der Waals surface area contributed by atoms with E-state index in [0.29, 0.717) is 39.2 Å². The first-order chi connectivity index (χ1) is 13.6. The predicted octanol–water partition coefficient (Wildman–Crippen LogP) is 4.48. The number of fused-ring (bicyclic) bond motifs is 2. The Morgan fingerprint density at radius 2 is 2.07 bits per heavy atom. The van der Waals surface area contributed by atoms with Crippen LogP contribution in [0.4, 0.5) is 11.6 Å². The summed E-state index contributed by atoms with van der Waals surface area (Å²) in [6.07, 6.45) is 5.25. The molecule has 0 spiro atoms. The molecule has 140 valence electrons. The van der Waals surface area contributed by atoms with Crippen molar-refractivity contribution in [3.05, 3.63) is 41.7 Å². The summed E-state index contributed by atoms with van der Waals surface area (Å²) in [6.45, 7) is 0. The van der Waals surface area contributed by atoms with Crippen molar-refractivity contribution in [3.63, 3.8) is 0 Å². The third kappa shape index (κ3) is 2.84. The summed E-state index contributed by atoms with van der Waals surface area (Å²) in [6, 6.07) is 7.25. The van der Waals surface area contributed by atoms with Crippen molar-refractivity contribution in [2.75, 3.05) is 17.7 Å². The number of amides is 1. The molecule has 0 unspecified atom stereocenters. The third-order valence-electron chi connectivity index (χ3n) is 4.81. The first kappa shape index (κ1) is 16.9. The lowest BCUT2D eigenvalue weighted by Gasteiger charge is -2.10. The van der Waals surface area contributed by atoms with Crippen molar-refractivity contribution < 1.29 is 9.21 Å². The lowest BCUT2D eigenvalue weighted by atomic mass is 10.1. The molecule has 28 heavy (non-hydrogen) atoms. The van der Waals surface area contributed by atoms with Gasteiger partial charge in [-0.25, -0.2) is 15.0 Å². The molecule has 0 bridgehead atoms. The van der Waals surface area contributed by atoms with E-state index in [1.54, 1.807) is 25.5 Å². The fraction of sp³-hybridized carbons (Fsp3) is 0.200. The van der Waals surface area contributed by atoms with E-state index >= 15 is 0 Å². The number of nitrogens with one attached hydrogen (secondary N) is 2. The topological polar surface area (TPSA) is 92.9 Å². The van der Waals surface area contributed by atoms with E-state index in [0.717, 1.165) is 23.6 Å². The van der Waals surface area contributed by atoms with Gasteiger partial charge in [-0.3, -0.25) is 4.79 Å². The Morgan fingerprint density at radius 1 is 1.21 bits per heavy atom. The number of anilines is 2. The van der Waals surface area contributed by atoms with Gasteiger partial charge in [-0.05, 0) is 31.0 Å². The number of oxazole rings is 1. The minimum atomic E-state index is 0.00457. The maximum Gasteiger partial charge on any atom is 0.229 e. The van der Waals surface area contributed by atoms with Crippen LogP contribution in [0.2, 0.25) is 5.02 Å². The zero-order chi connectivity index (χ0) is 19.3. The molecule has 8 heteroatoms. The van der Waals surface area contributed by atoms with Crippen LogP contribution in [0.15, 0.2) is 41.1 Å². The largest absolute Gasteiger partial charge is 0.434 e. The highest BCUT2D eigenvalue weighted by atomic mass is 35.5. The molecule has 1 fully saturated rings. The molecule has 4 aromatic rings. The van der Waals surface area contributed by atoms with Crippen LogP contribution in [0.3, 0.4) is 0 Å². The molecule has 5 rings (SSSR count). The number of pyridine rings is 2. The van der Waals surface area contributed by atoms with Gasteiger partial charge in [0.1, 0.15) is 17.2 Å². The second-order valence-electron chi connectivity index (χ2n) is 6.76. The lowest BCUT2D eigenvalue weighted by molar-refractivity contribution is -0.117. The number of nitrogens with zero attached hydrogens (tertiary/aromatic N) is 3. The van der Waals surface area contributed by atoms with Gasteiger partial charge in [-0.15, -0.1) is 0 Å². The summed E-state index contributed by atoms with van der Waals surface area (Å²) in [7, 11) is 1.80. The van der Waals surface area contributed by atoms with Crippen molar-refractivity contribution in [2.24, 2.45) is 5.92 Å². The van der Waals surface area contributed by atoms with Gasteiger partial charge in [0.2, 0.25) is 11.8 Å².